The molecule has 72 valence electrons. The first-order chi connectivity index (χ1) is 6.11. The van der Waals surface area contributed by atoms with Gasteiger partial charge in [0.25, 0.3) is 0 Å². The summed E-state index contributed by atoms with van der Waals surface area (Å²) in [7, 11) is -2.12. The molecular weight excluding hydrogens is 179 g/mol. The van der Waals surface area contributed by atoms with Crippen LogP contribution in [0, 0.1) is 0 Å². The van der Waals surface area contributed by atoms with Gasteiger partial charge in [-0.3, -0.25) is 0 Å². The van der Waals surface area contributed by atoms with Crippen LogP contribution in [0.25, 0.3) is 0 Å². The Morgan fingerprint density at radius 1 is 1.23 bits per heavy atom. The summed E-state index contributed by atoms with van der Waals surface area (Å²) in [5.41, 5.74) is 0.250. The predicted molar refractivity (Wildman–Crippen MR) is 59.4 cm³/mol. The summed E-state index contributed by atoms with van der Waals surface area (Å²) in [6.07, 6.45) is 0.759. The third kappa shape index (κ3) is 2.03. The average molecular weight is 196 g/mol. The molecule has 0 aliphatic heterocycles. The lowest BCUT2D eigenvalue weighted by Gasteiger charge is -2.20. The van der Waals surface area contributed by atoms with E-state index in [4.69, 9.17) is 0 Å². The molecule has 0 amide bonds. The van der Waals surface area contributed by atoms with E-state index in [1.54, 1.807) is 0 Å². The lowest BCUT2D eigenvalue weighted by atomic mass is 10.4. The van der Waals surface area contributed by atoms with Gasteiger partial charge in [0.15, 0.2) is 0 Å². The molecule has 1 aromatic rings. The zero-order valence-corrected chi connectivity index (χ0v) is 9.42. The van der Waals surface area contributed by atoms with Crippen molar-refractivity contribution in [1.29, 1.82) is 0 Å². The van der Waals surface area contributed by atoms with Gasteiger partial charge in [-0.05, 0) is 0 Å². The minimum absolute atomic E-state index is 0.250. The fraction of sp³-hybridized carbons (Fsp3) is 0.455. The van der Waals surface area contributed by atoms with Gasteiger partial charge < -0.3 is 4.57 Å². The Kier molecular flexibility index (Phi) is 3.33. The van der Waals surface area contributed by atoms with Gasteiger partial charge in [0, 0.05) is 17.1 Å². The smallest absolute Gasteiger partial charge is 0.117 e. The summed E-state index contributed by atoms with van der Waals surface area (Å²) >= 11 is 0. The van der Waals surface area contributed by atoms with Crippen LogP contribution in [0.1, 0.15) is 20.8 Å². The second-order valence-corrected chi connectivity index (χ2v) is 7.31. The van der Waals surface area contributed by atoms with Crippen LogP contribution in [0.3, 0.4) is 0 Å². The van der Waals surface area contributed by atoms with Crippen molar-refractivity contribution in [3.63, 3.8) is 0 Å². The van der Waals surface area contributed by atoms with E-state index in [9.17, 15) is 4.57 Å². The van der Waals surface area contributed by atoms with E-state index < -0.39 is 7.14 Å². The van der Waals surface area contributed by atoms with E-state index >= 15 is 0 Å². The zero-order valence-electron chi connectivity index (χ0n) is 8.53. The molecule has 0 aliphatic rings. The molecule has 1 aromatic carbocycles. The van der Waals surface area contributed by atoms with Crippen molar-refractivity contribution in [2.45, 2.75) is 26.4 Å². The highest BCUT2D eigenvalue weighted by molar-refractivity contribution is 7.72. The molecule has 0 spiro atoms. The Balaban J connectivity index is 3.12. The summed E-state index contributed by atoms with van der Waals surface area (Å²) in [6, 6.07) is 9.83. The third-order valence-corrected chi connectivity index (χ3v) is 6.28. The van der Waals surface area contributed by atoms with Crippen molar-refractivity contribution in [1.82, 2.24) is 0 Å². The van der Waals surface area contributed by atoms with Crippen molar-refractivity contribution in [3.05, 3.63) is 30.3 Å². The fourth-order valence-electron chi connectivity index (χ4n) is 1.53. The topological polar surface area (TPSA) is 17.1 Å². The molecule has 0 bridgehead atoms. The first-order valence-electron chi connectivity index (χ1n) is 4.75. The summed E-state index contributed by atoms with van der Waals surface area (Å²) < 4.78 is 12.5. The molecule has 0 saturated heterocycles. The first kappa shape index (κ1) is 10.5. The van der Waals surface area contributed by atoms with Gasteiger partial charge in [-0.25, -0.2) is 0 Å². The van der Waals surface area contributed by atoms with Crippen molar-refractivity contribution < 1.29 is 4.57 Å². The molecule has 0 heterocycles. The first-order valence-corrected chi connectivity index (χ1v) is 6.71. The lowest BCUT2D eigenvalue weighted by Crippen LogP contribution is -2.13. The Bertz CT molecular complexity index is 303. The molecule has 0 saturated carbocycles. The van der Waals surface area contributed by atoms with E-state index in [1.165, 1.54) is 0 Å². The van der Waals surface area contributed by atoms with Gasteiger partial charge in [0.2, 0.25) is 0 Å². The molecule has 0 aromatic heterocycles. The Labute approximate surface area is 80.5 Å². The SMILES string of the molecule is CC[P@](=O)(c1ccccc1)C(C)C. The maximum Gasteiger partial charge on any atom is 0.117 e. The predicted octanol–water partition coefficient (Wildman–Crippen LogP) is 3.10. The van der Waals surface area contributed by atoms with Crippen molar-refractivity contribution in [2.24, 2.45) is 0 Å². The Hall–Kier alpha value is -0.550. The molecule has 0 fully saturated rings. The molecule has 1 rings (SSSR count). The van der Waals surface area contributed by atoms with Gasteiger partial charge in [0.05, 0.1) is 0 Å². The fourth-order valence-corrected chi connectivity index (χ4v) is 3.89. The standard InChI is InChI=1S/C11H17OP/c1-4-13(12,10(2)3)11-8-6-5-7-9-11/h5-10H,4H2,1-3H3/t13-/m1/s1. The third-order valence-electron chi connectivity index (χ3n) is 2.50. The quantitative estimate of drug-likeness (QED) is 0.679. The highest BCUT2D eigenvalue weighted by Gasteiger charge is 2.25. The van der Waals surface area contributed by atoms with Crippen LogP contribution in [0.15, 0.2) is 30.3 Å². The van der Waals surface area contributed by atoms with Gasteiger partial charge in [-0.15, -0.1) is 0 Å². The van der Waals surface area contributed by atoms with Crippen LogP contribution in [-0.4, -0.2) is 11.8 Å². The maximum absolute atomic E-state index is 12.5. The number of hydrogen-bond acceptors (Lipinski definition) is 1. The van der Waals surface area contributed by atoms with Crippen LogP contribution in [0.4, 0.5) is 0 Å². The van der Waals surface area contributed by atoms with Gasteiger partial charge in [0.1, 0.15) is 7.14 Å². The van der Waals surface area contributed by atoms with Crippen molar-refractivity contribution in [2.75, 3.05) is 6.16 Å². The van der Waals surface area contributed by atoms with Crippen LogP contribution >= 0.6 is 7.14 Å². The summed E-state index contributed by atoms with van der Waals surface area (Å²) in [4.78, 5) is 0. The number of rotatable bonds is 3. The van der Waals surface area contributed by atoms with E-state index in [0.717, 1.165) is 11.5 Å². The minimum Gasteiger partial charge on any atom is -0.318 e. The van der Waals surface area contributed by atoms with Crippen molar-refractivity contribution in [3.8, 4) is 0 Å². The second kappa shape index (κ2) is 4.11. The molecule has 0 N–H and O–H groups in total. The second-order valence-electron chi connectivity index (χ2n) is 3.54. The zero-order chi connectivity index (χ0) is 9.90. The molecule has 0 radical (unpaired) electrons. The van der Waals surface area contributed by atoms with E-state index in [0.29, 0.717) is 0 Å². The maximum atomic E-state index is 12.5. The highest BCUT2D eigenvalue weighted by Crippen LogP contribution is 2.48. The molecular formula is C11H17OP. The van der Waals surface area contributed by atoms with Crippen LogP contribution in [0.5, 0.6) is 0 Å². The van der Waals surface area contributed by atoms with Crippen LogP contribution in [0.2, 0.25) is 0 Å². The van der Waals surface area contributed by atoms with Gasteiger partial charge in [-0.1, -0.05) is 51.1 Å². The van der Waals surface area contributed by atoms with Gasteiger partial charge in [-0.2, -0.15) is 0 Å². The lowest BCUT2D eigenvalue weighted by molar-refractivity contribution is 0.576. The summed E-state index contributed by atoms with van der Waals surface area (Å²) in [5, 5.41) is 1.02. The molecule has 13 heavy (non-hydrogen) atoms. The summed E-state index contributed by atoms with van der Waals surface area (Å²) in [6.45, 7) is 6.09. The summed E-state index contributed by atoms with van der Waals surface area (Å²) in [5.74, 6) is 0. The molecule has 1 atom stereocenters. The average Bonchev–Trinajstić information content (AvgIpc) is 2.17. The van der Waals surface area contributed by atoms with Crippen LogP contribution < -0.4 is 5.30 Å². The van der Waals surface area contributed by atoms with Gasteiger partial charge >= 0.3 is 0 Å². The van der Waals surface area contributed by atoms with Crippen molar-refractivity contribution >= 4 is 12.4 Å². The van der Waals surface area contributed by atoms with Crippen LogP contribution in [-0.2, 0) is 4.57 Å². The number of hydrogen-bond donors (Lipinski definition) is 0. The van der Waals surface area contributed by atoms with E-state index in [2.05, 4.69) is 0 Å². The molecule has 0 aliphatic carbocycles. The highest BCUT2D eigenvalue weighted by atomic mass is 31.2. The molecule has 0 unspecified atom stereocenters. The molecule has 2 heteroatoms. The Morgan fingerprint density at radius 3 is 2.15 bits per heavy atom. The normalized spacial score (nSPS) is 15.7. The van der Waals surface area contributed by atoms with E-state index in [-0.39, 0.29) is 5.66 Å². The Morgan fingerprint density at radius 2 is 1.77 bits per heavy atom. The minimum atomic E-state index is -2.12. The monoisotopic (exact) mass is 196 g/mol. The largest absolute Gasteiger partial charge is 0.318 e. The number of benzene rings is 1. The van der Waals surface area contributed by atoms with E-state index in [1.807, 2.05) is 51.1 Å². The molecule has 1 nitrogen and oxygen atoms in total.